The fraction of sp³-hybridized carbons (Fsp3) is 0.364. The Morgan fingerprint density at radius 3 is 2.35 bits per heavy atom. The molecule has 0 unspecified atom stereocenters. The summed E-state index contributed by atoms with van der Waals surface area (Å²) < 4.78 is 75.1. The second kappa shape index (κ2) is 6.02. The Bertz CT molecular complexity index is 469. The fourth-order valence-corrected chi connectivity index (χ4v) is 1.25. The Labute approximate surface area is 109 Å². The number of halogens is 6. The van der Waals surface area contributed by atoms with Gasteiger partial charge in [-0.2, -0.15) is 13.2 Å². The summed E-state index contributed by atoms with van der Waals surface area (Å²) in [5.74, 6) is -1.54. The molecule has 3 nitrogen and oxygen atoms in total. The van der Waals surface area contributed by atoms with Crippen LogP contribution >= 0.6 is 0 Å². The summed E-state index contributed by atoms with van der Waals surface area (Å²) >= 11 is 0. The summed E-state index contributed by atoms with van der Waals surface area (Å²) in [7, 11) is 0. The molecule has 0 aromatic heterocycles. The van der Waals surface area contributed by atoms with Crippen LogP contribution in [0.25, 0.3) is 0 Å². The zero-order chi connectivity index (χ0) is 15.4. The molecular weight excluding hydrogens is 292 g/mol. The van der Waals surface area contributed by atoms with Gasteiger partial charge >= 0.3 is 12.5 Å². The Morgan fingerprint density at radius 1 is 1.15 bits per heavy atom. The van der Waals surface area contributed by atoms with Gasteiger partial charge in [0.05, 0.1) is 6.42 Å². The average molecular weight is 301 g/mol. The van der Waals surface area contributed by atoms with Crippen LogP contribution < -0.4 is 10.1 Å². The van der Waals surface area contributed by atoms with Gasteiger partial charge in [-0.3, -0.25) is 4.79 Å². The summed E-state index contributed by atoms with van der Waals surface area (Å²) in [5, 5.41) is 1.95. The second-order valence-electron chi connectivity index (χ2n) is 3.70. The minimum Gasteiger partial charge on any atom is -0.406 e. The van der Waals surface area contributed by atoms with Gasteiger partial charge in [0.15, 0.2) is 0 Å². The minimum absolute atomic E-state index is 0.228. The molecule has 0 heterocycles. The number of hydrogen-bond donors (Lipinski definition) is 1. The molecule has 0 saturated carbocycles. The van der Waals surface area contributed by atoms with Gasteiger partial charge in [0.1, 0.15) is 5.75 Å². The van der Waals surface area contributed by atoms with E-state index >= 15 is 0 Å². The lowest BCUT2D eigenvalue weighted by Gasteiger charge is -2.11. The van der Waals surface area contributed by atoms with Gasteiger partial charge in [-0.15, -0.1) is 13.2 Å². The Balaban J connectivity index is 2.63. The molecule has 0 spiro atoms. The molecule has 20 heavy (non-hydrogen) atoms. The van der Waals surface area contributed by atoms with Crippen molar-refractivity contribution in [2.75, 3.05) is 6.54 Å². The first-order valence-corrected chi connectivity index (χ1v) is 5.27. The fourth-order valence-electron chi connectivity index (χ4n) is 1.25. The van der Waals surface area contributed by atoms with Gasteiger partial charge in [0, 0.05) is 12.1 Å². The number of nitrogens with one attached hydrogen (secondary N) is 1. The molecule has 0 aliphatic carbocycles. The average Bonchev–Trinajstić information content (AvgIpc) is 2.25. The molecule has 0 bridgehead atoms. The van der Waals surface area contributed by atoms with Crippen molar-refractivity contribution in [1.82, 2.24) is 5.32 Å². The van der Waals surface area contributed by atoms with Gasteiger partial charge in [-0.05, 0) is 18.2 Å². The highest BCUT2D eigenvalue weighted by Crippen LogP contribution is 2.23. The molecular formula is C11H9F6NO2. The molecule has 0 aliphatic heterocycles. The molecule has 1 amide bonds. The number of benzene rings is 1. The predicted molar refractivity (Wildman–Crippen MR) is 56.1 cm³/mol. The topological polar surface area (TPSA) is 38.3 Å². The normalized spacial score (nSPS) is 12.1. The standard InChI is InChI=1S/C11H9F6NO2/c12-10(13,14)4-5-18-9(19)7-2-1-3-8(6-7)20-11(15,16)17/h1-3,6H,4-5H2,(H,18,19). The zero-order valence-electron chi connectivity index (χ0n) is 9.81. The van der Waals surface area contributed by atoms with Crippen LogP contribution in [0.1, 0.15) is 16.8 Å². The number of carbonyl (C=O) groups excluding carboxylic acids is 1. The first-order valence-electron chi connectivity index (χ1n) is 5.27. The van der Waals surface area contributed by atoms with Gasteiger partial charge in [-0.1, -0.05) is 6.07 Å². The van der Waals surface area contributed by atoms with Crippen molar-refractivity contribution >= 4 is 5.91 Å². The quantitative estimate of drug-likeness (QED) is 0.867. The van der Waals surface area contributed by atoms with E-state index in [1.165, 1.54) is 0 Å². The van der Waals surface area contributed by atoms with Crippen LogP contribution in [0.15, 0.2) is 24.3 Å². The number of amides is 1. The molecule has 1 aromatic rings. The monoisotopic (exact) mass is 301 g/mol. The summed E-state index contributed by atoms with van der Waals surface area (Å²) in [4.78, 5) is 11.4. The van der Waals surface area contributed by atoms with Crippen molar-refractivity contribution in [2.24, 2.45) is 0 Å². The minimum atomic E-state index is -4.91. The Kier molecular flexibility index (Phi) is 4.85. The SMILES string of the molecule is O=C(NCCC(F)(F)F)c1cccc(OC(F)(F)F)c1. The lowest BCUT2D eigenvalue weighted by molar-refractivity contribution is -0.274. The van der Waals surface area contributed by atoms with E-state index in [-0.39, 0.29) is 5.56 Å². The third-order valence-corrected chi connectivity index (χ3v) is 2.02. The molecule has 9 heteroatoms. The predicted octanol–water partition coefficient (Wildman–Crippen LogP) is 3.27. The van der Waals surface area contributed by atoms with E-state index in [1.54, 1.807) is 0 Å². The van der Waals surface area contributed by atoms with Gasteiger partial charge in [0.2, 0.25) is 0 Å². The first-order chi connectivity index (χ1) is 9.07. The van der Waals surface area contributed by atoms with Crippen LogP contribution in [0.4, 0.5) is 26.3 Å². The highest BCUT2D eigenvalue weighted by molar-refractivity contribution is 5.94. The highest BCUT2D eigenvalue weighted by Gasteiger charge is 2.31. The van der Waals surface area contributed by atoms with Crippen molar-refractivity contribution in [3.63, 3.8) is 0 Å². The van der Waals surface area contributed by atoms with Crippen molar-refractivity contribution in [2.45, 2.75) is 19.0 Å². The maximum atomic E-state index is 12.0. The largest absolute Gasteiger partial charge is 0.573 e. The van der Waals surface area contributed by atoms with Crippen LogP contribution in [0.2, 0.25) is 0 Å². The Hall–Kier alpha value is -1.93. The molecule has 0 aliphatic rings. The highest BCUT2D eigenvalue weighted by atomic mass is 19.4. The van der Waals surface area contributed by atoms with E-state index in [2.05, 4.69) is 4.74 Å². The molecule has 1 N–H and O–H groups in total. The second-order valence-corrected chi connectivity index (χ2v) is 3.70. The third-order valence-electron chi connectivity index (χ3n) is 2.02. The lowest BCUT2D eigenvalue weighted by atomic mass is 10.2. The summed E-state index contributed by atoms with van der Waals surface area (Å²) in [6, 6.07) is 4.04. The molecule has 1 rings (SSSR count). The summed E-state index contributed by atoms with van der Waals surface area (Å²) in [5.41, 5.74) is -0.228. The maximum Gasteiger partial charge on any atom is 0.573 e. The van der Waals surface area contributed by atoms with Crippen LogP contribution in [0, 0.1) is 0 Å². The third kappa shape index (κ3) is 6.30. The van der Waals surface area contributed by atoms with Crippen LogP contribution in [-0.2, 0) is 0 Å². The van der Waals surface area contributed by atoms with E-state index in [0.29, 0.717) is 0 Å². The van der Waals surface area contributed by atoms with Crippen molar-refractivity contribution in [1.29, 1.82) is 0 Å². The first kappa shape index (κ1) is 16.1. The summed E-state index contributed by atoms with van der Waals surface area (Å²) in [6.07, 6.45) is -10.6. The molecule has 1 aromatic carbocycles. The smallest absolute Gasteiger partial charge is 0.406 e. The number of alkyl halides is 6. The van der Waals surface area contributed by atoms with E-state index < -0.39 is 37.2 Å². The van der Waals surface area contributed by atoms with E-state index in [1.807, 2.05) is 5.32 Å². The van der Waals surface area contributed by atoms with E-state index in [9.17, 15) is 31.1 Å². The number of ether oxygens (including phenoxy) is 1. The van der Waals surface area contributed by atoms with Gasteiger partial charge in [-0.25, -0.2) is 0 Å². The zero-order valence-corrected chi connectivity index (χ0v) is 9.81. The number of rotatable bonds is 4. The molecule has 112 valence electrons. The number of carbonyl (C=O) groups is 1. The lowest BCUT2D eigenvalue weighted by Crippen LogP contribution is -2.28. The molecule has 0 fully saturated rings. The van der Waals surface area contributed by atoms with Crippen molar-refractivity contribution in [3.05, 3.63) is 29.8 Å². The molecule has 0 saturated heterocycles. The van der Waals surface area contributed by atoms with Crippen LogP contribution in [0.5, 0.6) is 5.75 Å². The van der Waals surface area contributed by atoms with Gasteiger partial charge in [0.25, 0.3) is 5.91 Å². The number of hydrogen-bond acceptors (Lipinski definition) is 2. The maximum absolute atomic E-state index is 12.0. The molecule has 0 radical (unpaired) electrons. The molecule has 0 atom stereocenters. The summed E-state index contributed by atoms with van der Waals surface area (Å²) in [6.45, 7) is -0.660. The van der Waals surface area contributed by atoms with E-state index in [0.717, 1.165) is 24.3 Å². The Morgan fingerprint density at radius 2 is 1.80 bits per heavy atom. The van der Waals surface area contributed by atoms with E-state index in [4.69, 9.17) is 0 Å². The van der Waals surface area contributed by atoms with Crippen LogP contribution in [-0.4, -0.2) is 25.0 Å². The van der Waals surface area contributed by atoms with Gasteiger partial charge < -0.3 is 10.1 Å². The van der Waals surface area contributed by atoms with Crippen molar-refractivity contribution in [3.8, 4) is 5.75 Å². The van der Waals surface area contributed by atoms with Crippen LogP contribution in [0.3, 0.4) is 0 Å². The van der Waals surface area contributed by atoms with Crippen molar-refractivity contribution < 1.29 is 35.9 Å².